The van der Waals surface area contributed by atoms with Crippen molar-refractivity contribution in [2.45, 2.75) is 25.3 Å². The minimum Gasteiger partial charge on any atom is -0.280 e. The van der Waals surface area contributed by atoms with Gasteiger partial charge in [-0.1, -0.05) is 36.4 Å². The van der Waals surface area contributed by atoms with Gasteiger partial charge in [0.05, 0.1) is 11.5 Å². The molecule has 0 saturated carbocycles. The van der Waals surface area contributed by atoms with E-state index >= 15 is 0 Å². The molecule has 1 amide bonds. The largest absolute Gasteiger partial charge is 0.280 e. The molecule has 0 atom stereocenters. The smallest absolute Gasteiger partial charge is 0.274 e. The molecule has 3 rings (SSSR count). The van der Waals surface area contributed by atoms with Crippen molar-refractivity contribution < 1.29 is 18.0 Å². The number of hydrogen-bond acceptors (Lipinski definition) is 4. The van der Waals surface area contributed by atoms with Crippen LogP contribution in [-0.4, -0.2) is 14.3 Å². The van der Waals surface area contributed by atoms with Crippen LogP contribution in [0.2, 0.25) is 0 Å². The van der Waals surface area contributed by atoms with Gasteiger partial charge in [0, 0.05) is 11.3 Å². The van der Waals surface area contributed by atoms with Crippen molar-refractivity contribution in [3.8, 4) is 0 Å². The number of rotatable bonds is 7. The van der Waals surface area contributed by atoms with E-state index in [1.165, 1.54) is 24.3 Å². The SMILES string of the molecule is Cc1ccc(S(=O)(=O)Nc2ccc(C(=O)NOCc3ccccc3)cc2)cc1C. The highest BCUT2D eigenvalue weighted by Crippen LogP contribution is 2.19. The van der Waals surface area contributed by atoms with Gasteiger partial charge in [-0.3, -0.25) is 14.4 Å². The summed E-state index contributed by atoms with van der Waals surface area (Å²) >= 11 is 0. The van der Waals surface area contributed by atoms with E-state index in [4.69, 9.17) is 4.84 Å². The molecule has 0 saturated heterocycles. The second kappa shape index (κ2) is 8.89. The highest BCUT2D eigenvalue weighted by molar-refractivity contribution is 7.92. The van der Waals surface area contributed by atoms with Gasteiger partial charge in [-0.05, 0) is 66.9 Å². The fourth-order valence-electron chi connectivity index (χ4n) is 2.60. The number of benzene rings is 3. The van der Waals surface area contributed by atoms with Gasteiger partial charge in [0.25, 0.3) is 15.9 Å². The lowest BCUT2D eigenvalue weighted by molar-refractivity contribution is 0.0233. The lowest BCUT2D eigenvalue weighted by atomic mass is 10.1. The third-order valence-electron chi connectivity index (χ3n) is 4.43. The molecule has 29 heavy (non-hydrogen) atoms. The van der Waals surface area contributed by atoms with Crippen molar-refractivity contribution in [2.75, 3.05) is 4.72 Å². The van der Waals surface area contributed by atoms with Crippen LogP contribution in [0.25, 0.3) is 0 Å². The van der Waals surface area contributed by atoms with Crippen molar-refractivity contribution in [2.24, 2.45) is 0 Å². The molecule has 0 unspecified atom stereocenters. The highest BCUT2D eigenvalue weighted by Gasteiger charge is 2.15. The maximum absolute atomic E-state index is 12.5. The van der Waals surface area contributed by atoms with Crippen molar-refractivity contribution in [3.63, 3.8) is 0 Å². The van der Waals surface area contributed by atoms with Gasteiger partial charge in [-0.15, -0.1) is 0 Å². The number of sulfonamides is 1. The molecule has 0 aliphatic rings. The summed E-state index contributed by atoms with van der Waals surface area (Å²) in [4.78, 5) is 17.6. The maximum Gasteiger partial charge on any atom is 0.274 e. The zero-order valence-corrected chi connectivity index (χ0v) is 17.0. The summed E-state index contributed by atoms with van der Waals surface area (Å²) in [6, 6.07) is 20.5. The van der Waals surface area contributed by atoms with E-state index in [2.05, 4.69) is 10.2 Å². The normalized spacial score (nSPS) is 11.1. The van der Waals surface area contributed by atoms with Gasteiger partial charge in [0.1, 0.15) is 0 Å². The Morgan fingerprint density at radius 2 is 1.59 bits per heavy atom. The first-order valence-corrected chi connectivity index (χ1v) is 10.5. The molecule has 0 fully saturated rings. The van der Waals surface area contributed by atoms with E-state index in [0.717, 1.165) is 16.7 Å². The first-order valence-electron chi connectivity index (χ1n) is 9.01. The number of carbonyl (C=O) groups is 1. The van der Waals surface area contributed by atoms with E-state index in [0.29, 0.717) is 11.3 Å². The lowest BCUT2D eigenvalue weighted by Gasteiger charge is -2.10. The number of aryl methyl sites for hydroxylation is 2. The molecule has 0 bridgehead atoms. The fraction of sp³-hybridized carbons (Fsp3) is 0.136. The topological polar surface area (TPSA) is 84.5 Å². The van der Waals surface area contributed by atoms with E-state index in [1.807, 2.05) is 44.2 Å². The predicted octanol–water partition coefficient (Wildman–Crippen LogP) is 3.97. The molecule has 3 aromatic carbocycles. The van der Waals surface area contributed by atoms with Crippen LogP contribution in [-0.2, 0) is 21.5 Å². The molecule has 0 aromatic heterocycles. The van der Waals surface area contributed by atoms with Crippen LogP contribution in [0.3, 0.4) is 0 Å². The molecule has 3 aromatic rings. The van der Waals surface area contributed by atoms with Crippen LogP contribution in [0.4, 0.5) is 5.69 Å². The first-order chi connectivity index (χ1) is 13.8. The van der Waals surface area contributed by atoms with Gasteiger partial charge in [0.2, 0.25) is 0 Å². The zero-order chi connectivity index (χ0) is 20.9. The van der Waals surface area contributed by atoms with Gasteiger partial charge >= 0.3 is 0 Å². The number of anilines is 1. The first kappa shape index (κ1) is 20.6. The molecule has 6 nitrogen and oxygen atoms in total. The Morgan fingerprint density at radius 3 is 2.24 bits per heavy atom. The molecule has 0 aliphatic carbocycles. The standard InChI is InChI=1S/C22H22N2O4S/c1-16-8-13-21(14-17(16)2)29(26,27)24-20-11-9-19(10-12-20)22(25)23-28-15-18-6-4-3-5-7-18/h3-14,24H,15H2,1-2H3,(H,23,25). The second-order valence-corrected chi connectivity index (χ2v) is 8.32. The number of hydrogen-bond donors (Lipinski definition) is 2. The quantitative estimate of drug-likeness (QED) is 0.578. The number of hydroxylamine groups is 1. The Balaban J connectivity index is 1.60. The third kappa shape index (κ3) is 5.43. The fourth-order valence-corrected chi connectivity index (χ4v) is 3.75. The highest BCUT2D eigenvalue weighted by atomic mass is 32.2. The molecule has 2 N–H and O–H groups in total. The number of amides is 1. The minimum atomic E-state index is -3.71. The predicted molar refractivity (Wildman–Crippen MR) is 112 cm³/mol. The molecule has 0 aliphatic heterocycles. The monoisotopic (exact) mass is 410 g/mol. The minimum absolute atomic E-state index is 0.191. The van der Waals surface area contributed by atoms with Gasteiger partial charge in [0.15, 0.2) is 0 Å². The second-order valence-electron chi connectivity index (χ2n) is 6.63. The molecule has 7 heteroatoms. The van der Waals surface area contributed by atoms with Crippen LogP contribution in [0.5, 0.6) is 0 Å². The van der Waals surface area contributed by atoms with E-state index < -0.39 is 15.9 Å². The van der Waals surface area contributed by atoms with Crippen molar-refractivity contribution in [1.29, 1.82) is 0 Å². The van der Waals surface area contributed by atoms with Gasteiger partial charge < -0.3 is 0 Å². The van der Waals surface area contributed by atoms with Crippen molar-refractivity contribution >= 4 is 21.6 Å². The van der Waals surface area contributed by atoms with Gasteiger partial charge in [-0.25, -0.2) is 13.9 Å². The van der Waals surface area contributed by atoms with E-state index in [9.17, 15) is 13.2 Å². The lowest BCUT2D eigenvalue weighted by Crippen LogP contribution is -2.23. The summed E-state index contributed by atoms with van der Waals surface area (Å²) in [5.41, 5.74) is 5.95. The third-order valence-corrected chi connectivity index (χ3v) is 5.81. The zero-order valence-electron chi connectivity index (χ0n) is 16.2. The molecular weight excluding hydrogens is 388 g/mol. The Bertz CT molecular complexity index is 1100. The van der Waals surface area contributed by atoms with Crippen molar-refractivity contribution in [3.05, 3.63) is 95.1 Å². The van der Waals surface area contributed by atoms with Crippen LogP contribution in [0.15, 0.2) is 77.7 Å². The average Bonchev–Trinajstić information content (AvgIpc) is 2.71. The Labute approximate surface area is 170 Å². The average molecular weight is 410 g/mol. The number of nitrogens with one attached hydrogen (secondary N) is 2. The number of carbonyl (C=O) groups excluding carboxylic acids is 1. The summed E-state index contributed by atoms with van der Waals surface area (Å²) in [7, 11) is -3.71. The molecule has 150 valence electrons. The van der Waals surface area contributed by atoms with Crippen LogP contribution in [0.1, 0.15) is 27.0 Å². The maximum atomic E-state index is 12.5. The van der Waals surface area contributed by atoms with E-state index in [1.54, 1.807) is 18.2 Å². The van der Waals surface area contributed by atoms with Gasteiger partial charge in [-0.2, -0.15) is 0 Å². The summed E-state index contributed by atoms with van der Waals surface area (Å²) in [5, 5.41) is 0. The Hall–Kier alpha value is -3.16. The summed E-state index contributed by atoms with van der Waals surface area (Å²) < 4.78 is 27.6. The van der Waals surface area contributed by atoms with Crippen molar-refractivity contribution in [1.82, 2.24) is 5.48 Å². The van der Waals surface area contributed by atoms with Crippen LogP contribution >= 0.6 is 0 Å². The Kier molecular flexibility index (Phi) is 6.31. The molecular formula is C22H22N2O4S. The summed E-state index contributed by atoms with van der Waals surface area (Å²) in [6.45, 7) is 4.04. The van der Waals surface area contributed by atoms with Crippen LogP contribution < -0.4 is 10.2 Å². The molecule has 0 radical (unpaired) electrons. The molecule has 0 heterocycles. The summed E-state index contributed by atoms with van der Waals surface area (Å²) in [6.07, 6.45) is 0. The Morgan fingerprint density at radius 1 is 0.897 bits per heavy atom. The summed E-state index contributed by atoms with van der Waals surface area (Å²) in [5.74, 6) is -0.413. The van der Waals surface area contributed by atoms with E-state index in [-0.39, 0.29) is 11.5 Å². The molecule has 0 spiro atoms. The van der Waals surface area contributed by atoms with Crippen LogP contribution in [0, 0.1) is 13.8 Å².